The highest BCUT2D eigenvalue weighted by Gasteiger charge is 2.19. The Morgan fingerprint density at radius 1 is 1.44 bits per heavy atom. The fraction of sp³-hybridized carbons (Fsp3) is 0.583. The molecule has 2 rings (SSSR count). The van der Waals surface area contributed by atoms with E-state index in [1.165, 1.54) is 6.42 Å². The lowest BCUT2D eigenvalue weighted by Gasteiger charge is -2.13. The molecule has 1 aromatic heterocycles. The predicted octanol–water partition coefficient (Wildman–Crippen LogP) is 1.25. The summed E-state index contributed by atoms with van der Waals surface area (Å²) in [7, 11) is 3.31. The molecule has 0 bridgehead atoms. The fourth-order valence-corrected chi connectivity index (χ4v) is 2.16. The van der Waals surface area contributed by atoms with Crippen LogP contribution in [0.4, 0.5) is 0 Å². The van der Waals surface area contributed by atoms with Crippen LogP contribution in [0.5, 0.6) is 11.5 Å². The quantitative estimate of drug-likeness (QED) is 0.832. The van der Waals surface area contributed by atoms with Crippen molar-refractivity contribution in [2.45, 2.75) is 12.8 Å². The van der Waals surface area contributed by atoms with Gasteiger partial charge >= 0.3 is 0 Å². The van der Waals surface area contributed by atoms with E-state index in [9.17, 15) is 0 Å². The Kier molecular flexibility index (Phi) is 3.62. The number of methoxy groups -OCH3 is 2. The molecular formula is C12H18N2O2. The van der Waals surface area contributed by atoms with Crippen LogP contribution in [-0.4, -0.2) is 32.3 Å². The van der Waals surface area contributed by atoms with Crippen LogP contribution in [0.1, 0.15) is 12.1 Å². The van der Waals surface area contributed by atoms with E-state index in [1.54, 1.807) is 20.4 Å². The van der Waals surface area contributed by atoms with Crippen molar-refractivity contribution in [2.75, 3.05) is 27.3 Å². The second-order valence-electron chi connectivity index (χ2n) is 4.06. The van der Waals surface area contributed by atoms with Gasteiger partial charge in [0.15, 0.2) is 11.5 Å². The normalized spacial score (nSPS) is 19.8. The lowest BCUT2D eigenvalue weighted by atomic mass is 10.0. The van der Waals surface area contributed by atoms with Gasteiger partial charge in [0.05, 0.1) is 19.9 Å². The van der Waals surface area contributed by atoms with Crippen LogP contribution in [0.2, 0.25) is 0 Å². The smallest absolute Gasteiger partial charge is 0.182 e. The molecule has 1 atom stereocenters. The molecule has 16 heavy (non-hydrogen) atoms. The zero-order valence-corrected chi connectivity index (χ0v) is 9.82. The van der Waals surface area contributed by atoms with Gasteiger partial charge in [0, 0.05) is 12.3 Å². The number of hydrogen-bond donors (Lipinski definition) is 1. The molecule has 4 nitrogen and oxygen atoms in total. The third-order valence-electron chi connectivity index (χ3n) is 3.01. The van der Waals surface area contributed by atoms with Gasteiger partial charge in [-0.1, -0.05) is 0 Å². The van der Waals surface area contributed by atoms with Crippen LogP contribution in [0.25, 0.3) is 0 Å². The Labute approximate surface area is 96.0 Å². The SMILES string of the molecule is COc1ccnc(CC2CCNC2)c1OC. The first kappa shape index (κ1) is 11.2. The molecule has 0 aliphatic carbocycles. The van der Waals surface area contributed by atoms with E-state index >= 15 is 0 Å². The number of pyridine rings is 1. The molecule has 88 valence electrons. The van der Waals surface area contributed by atoms with Crippen molar-refractivity contribution in [2.24, 2.45) is 5.92 Å². The Hall–Kier alpha value is -1.29. The first-order chi connectivity index (χ1) is 7.85. The van der Waals surface area contributed by atoms with Gasteiger partial charge < -0.3 is 14.8 Å². The van der Waals surface area contributed by atoms with Gasteiger partial charge in [0.2, 0.25) is 0 Å². The van der Waals surface area contributed by atoms with Crippen LogP contribution in [0.15, 0.2) is 12.3 Å². The first-order valence-corrected chi connectivity index (χ1v) is 5.61. The molecule has 1 N–H and O–H groups in total. The fourth-order valence-electron chi connectivity index (χ4n) is 2.16. The predicted molar refractivity (Wildman–Crippen MR) is 62.0 cm³/mol. The third-order valence-corrected chi connectivity index (χ3v) is 3.01. The number of hydrogen-bond acceptors (Lipinski definition) is 4. The van der Waals surface area contributed by atoms with Gasteiger partial charge in [-0.25, -0.2) is 0 Å². The Bertz CT molecular complexity index is 349. The van der Waals surface area contributed by atoms with Crippen LogP contribution in [-0.2, 0) is 6.42 Å². The van der Waals surface area contributed by atoms with Gasteiger partial charge in [0.25, 0.3) is 0 Å². The van der Waals surface area contributed by atoms with E-state index in [0.717, 1.165) is 36.7 Å². The van der Waals surface area contributed by atoms with Crippen molar-refractivity contribution >= 4 is 0 Å². The second kappa shape index (κ2) is 5.16. The molecule has 1 saturated heterocycles. The summed E-state index contributed by atoms with van der Waals surface area (Å²) in [6.45, 7) is 2.18. The van der Waals surface area contributed by atoms with E-state index < -0.39 is 0 Å². The molecule has 1 aliphatic heterocycles. The molecule has 1 aromatic rings. The van der Waals surface area contributed by atoms with Crippen LogP contribution >= 0.6 is 0 Å². The molecule has 0 radical (unpaired) electrons. The molecule has 0 aromatic carbocycles. The second-order valence-corrected chi connectivity index (χ2v) is 4.06. The van der Waals surface area contributed by atoms with Gasteiger partial charge in [-0.3, -0.25) is 4.98 Å². The molecule has 0 spiro atoms. The van der Waals surface area contributed by atoms with Gasteiger partial charge in [-0.2, -0.15) is 0 Å². The Morgan fingerprint density at radius 2 is 2.31 bits per heavy atom. The van der Waals surface area contributed by atoms with Crippen molar-refractivity contribution in [1.82, 2.24) is 10.3 Å². The number of rotatable bonds is 4. The van der Waals surface area contributed by atoms with E-state index in [-0.39, 0.29) is 0 Å². The molecule has 0 amide bonds. The average Bonchev–Trinajstić information content (AvgIpc) is 2.81. The molecule has 1 aliphatic rings. The highest BCUT2D eigenvalue weighted by molar-refractivity contribution is 5.42. The molecule has 4 heteroatoms. The molecule has 1 unspecified atom stereocenters. The van der Waals surface area contributed by atoms with E-state index in [1.807, 2.05) is 6.07 Å². The summed E-state index contributed by atoms with van der Waals surface area (Å²) in [5, 5.41) is 3.36. The summed E-state index contributed by atoms with van der Waals surface area (Å²) in [5.41, 5.74) is 0.996. The van der Waals surface area contributed by atoms with Gasteiger partial charge in [0.1, 0.15) is 0 Å². The third kappa shape index (κ3) is 2.27. The summed E-state index contributed by atoms with van der Waals surface area (Å²) in [6, 6.07) is 1.83. The van der Waals surface area contributed by atoms with E-state index in [2.05, 4.69) is 10.3 Å². The minimum absolute atomic E-state index is 0.661. The summed E-state index contributed by atoms with van der Waals surface area (Å²) >= 11 is 0. The number of nitrogens with zero attached hydrogens (tertiary/aromatic N) is 1. The van der Waals surface area contributed by atoms with Crippen LogP contribution in [0.3, 0.4) is 0 Å². The number of aromatic nitrogens is 1. The van der Waals surface area contributed by atoms with Crippen molar-refractivity contribution in [1.29, 1.82) is 0 Å². The number of ether oxygens (including phenoxy) is 2. The standard InChI is InChI=1S/C12H18N2O2/c1-15-11-4-6-14-10(12(11)16-2)7-9-3-5-13-8-9/h4,6,9,13H,3,5,7-8H2,1-2H3. The lowest BCUT2D eigenvalue weighted by molar-refractivity contribution is 0.347. The highest BCUT2D eigenvalue weighted by Crippen LogP contribution is 2.31. The van der Waals surface area contributed by atoms with Crippen molar-refractivity contribution in [3.63, 3.8) is 0 Å². The maximum absolute atomic E-state index is 5.37. The maximum Gasteiger partial charge on any atom is 0.182 e. The topological polar surface area (TPSA) is 43.4 Å². The van der Waals surface area contributed by atoms with E-state index in [4.69, 9.17) is 9.47 Å². The molecule has 0 saturated carbocycles. The summed E-state index contributed by atoms with van der Waals surface area (Å²) in [5.74, 6) is 2.20. The first-order valence-electron chi connectivity index (χ1n) is 5.61. The molecular weight excluding hydrogens is 204 g/mol. The molecule has 1 fully saturated rings. The Morgan fingerprint density at radius 3 is 2.94 bits per heavy atom. The lowest BCUT2D eigenvalue weighted by Crippen LogP contribution is -2.12. The van der Waals surface area contributed by atoms with Crippen LogP contribution < -0.4 is 14.8 Å². The number of nitrogens with one attached hydrogen (secondary N) is 1. The zero-order chi connectivity index (χ0) is 11.4. The van der Waals surface area contributed by atoms with E-state index in [0.29, 0.717) is 5.92 Å². The van der Waals surface area contributed by atoms with Crippen LogP contribution in [0, 0.1) is 5.92 Å². The summed E-state index contributed by atoms with van der Waals surface area (Å²) in [4.78, 5) is 4.39. The Balaban J connectivity index is 2.18. The van der Waals surface area contributed by atoms with Crippen molar-refractivity contribution in [3.8, 4) is 11.5 Å². The maximum atomic E-state index is 5.37. The van der Waals surface area contributed by atoms with Gasteiger partial charge in [-0.15, -0.1) is 0 Å². The molecule has 2 heterocycles. The summed E-state index contributed by atoms with van der Waals surface area (Å²) in [6.07, 6.45) is 3.94. The highest BCUT2D eigenvalue weighted by atomic mass is 16.5. The zero-order valence-electron chi connectivity index (χ0n) is 9.82. The monoisotopic (exact) mass is 222 g/mol. The van der Waals surface area contributed by atoms with Gasteiger partial charge in [-0.05, 0) is 31.8 Å². The summed E-state index contributed by atoms with van der Waals surface area (Å²) < 4.78 is 10.6. The van der Waals surface area contributed by atoms with Crippen molar-refractivity contribution < 1.29 is 9.47 Å². The van der Waals surface area contributed by atoms with Crippen molar-refractivity contribution in [3.05, 3.63) is 18.0 Å². The average molecular weight is 222 g/mol. The minimum atomic E-state index is 0.661. The largest absolute Gasteiger partial charge is 0.493 e. The minimum Gasteiger partial charge on any atom is -0.493 e.